The van der Waals surface area contributed by atoms with Crippen molar-refractivity contribution in [1.82, 2.24) is 19.5 Å². The highest BCUT2D eigenvalue weighted by Gasteiger charge is 2.26. The molecule has 0 radical (unpaired) electrons. The van der Waals surface area contributed by atoms with Gasteiger partial charge in [-0.3, -0.25) is 4.98 Å². The average Bonchev–Trinajstić information content (AvgIpc) is 3.11. The van der Waals surface area contributed by atoms with Gasteiger partial charge in [0, 0.05) is 56.5 Å². The number of pyridine rings is 2. The molecule has 0 saturated carbocycles. The van der Waals surface area contributed by atoms with Crippen molar-refractivity contribution < 1.29 is 4.39 Å². The number of aromatic nitrogens is 4. The minimum absolute atomic E-state index is 0.261. The molecule has 0 unspecified atom stereocenters. The number of piperidine rings is 1. The zero-order valence-electron chi connectivity index (χ0n) is 13.9. The number of halogens is 1. The Morgan fingerprint density at radius 2 is 1.96 bits per heavy atom. The molecule has 0 spiro atoms. The summed E-state index contributed by atoms with van der Waals surface area (Å²) in [5.74, 6) is 1.51. The maximum atomic E-state index is 14.1. The van der Waals surface area contributed by atoms with E-state index >= 15 is 0 Å². The number of hydrogen-bond donors (Lipinski definition) is 0. The molecule has 4 heterocycles. The van der Waals surface area contributed by atoms with Crippen molar-refractivity contribution >= 4 is 5.82 Å². The van der Waals surface area contributed by atoms with Crippen LogP contribution < -0.4 is 4.90 Å². The fourth-order valence-corrected chi connectivity index (χ4v) is 3.49. The Hall–Kier alpha value is -2.76. The van der Waals surface area contributed by atoms with E-state index in [2.05, 4.69) is 19.5 Å². The molecule has 3 aromatic heterocycles. The molecule has 0 amide bonds. The lowest BCUT2D eigenvalue weighted by Crippen LogP contribution is -2.36. The summed E-state index contributed by atoms with van der Waals surface area (Å²) < 4.78 is 16.3. The lowest BCUT2D eigenvalue weighted by Gasteiger charge is -2.33. The van der Waals surface area contributed by atoms with E-state index in [0.717, 1.165) is 38.3 Å². The van der Waals surface area contributed by atoms with E-state index in [9.17, 15) is 4.39 Å². The van der Waals surface area contributed by atoms with Gasteiger partial charge in [0.05, 0.1) is 0 Å². The summed E-state index contributed by atoms with van der Waals surface area (Å²) in [6, 6.07) is 7.12. The third-order valence-corrected chi connectivity index (χ3v) is 4.68. The lowest BCUT2D eigenvalue weighted by molar-refractivity contribution is 0.467. The van der Waals surface area contributed by atoms with Gasteiger partial charge in [0.2, 0.25) is 0 Å². The maximum Gasteiger partial charge on any atom is 0.165 e. The van der Waals surface area contributed by atoms with Crippen LogP contribution in [-0.2, 0) is 6.54 Å². The molecule has 3 aromatic rings. The molecule has 5 nitrogen and oxygen atoms in total. The lowest BCUT2D eigenvalue weighted by atomic mass is 9.97. The van der Waals surface area contributed by atoms with Gasteiger partial charge in [-0.2, -0.15) is 0 Å². The van der Waals surface area contributed by atoms with E-state index in [-0.39, 0.29) is 11.7 Å². The number of imidazole rings is 1. The molecule has 0 aliphatic carbocycles. The summed E-state index contributed by atoms with van der Waals surface area (Å²) >= 11 is 0. The maximum absolute atomic E-state index is 14.1. The number of anilines is 1. The Bertz CT molecular complexity index is 833. The van der Waals surface area contributed by atoms with Crippen LogP contribution >= 0.6 is 0 Å². The number of nitrogens with zero attached hydrogens (tertiary/aromatic N) is 5. The summed E-state index contributed by atoms with van der Waals surface area (Å²) in [5, 5.41) is 0. The van der Waals surface area contributed by atoms with E-state index < -0.39 is 0 Å². The molecule has 1 saturated heterocycles. The normalized spacial score (nSPS) is 17.6. The van der Waals surface area contributed by atoms with E-state index in [1.54, 1.807) is 24.7 Å². The predicted octanol–water partition coefficient (Wildman–Crippen LogP) is 3.24. The van der Waals surface area contributed by atoms with Gasteiger partial charge in [-0.15, -0.1) is 0 Å². The minimum atomic E-state index is -0.261. The average molecular weight is 337 g/mol. The van der Waals surface area contributed by atoms with E-state index in [0.29, 0.717) is 5.82 Å². The Morgan fingerprint density at radius 3 is 2.80 bits per heavy atom. The van der Waals surface area contributed by atoms with Crippen LogP contribution in [0.4, 0.5) is 10.2 Å². The van der Waals surface area contributed by atoms with Crippen LogP contribution in [0.1, 0.15) is 30.1 Å². The van der Waals surface area contributed by atoms with Gasteiger partial charge in [-0.1, -0.05) is 0 Å². The molecule has 1 fully saturated rings. The monoisotopic (exact) mass is 337 g/mol. The number of hydrogen-bond acceptors (Lipinski definition) is 4. The smallest absolute Gasteiger partial charge is 0.165 e. The molecule has 4 rings (SSSR count). The summed E-state index contributed by atoms with van der Waals surface area (Å²) in [6.07, 6.45) is 11.2. The Morgan fingerprint density at radius 1 is 1.08 bits per heavy atom. The first kappa shape index (κ1) is 15.7. The molecule has 25 heavy (non-hydrogen) atoms. The second-order valence-corrected chi connectivity index (χ2v) is 6.36. The van der Waals surface area contributed by atoms with Crippen molar-refractivity contribution in [2.75, 3.05) is 18.0 Å². The van der Waals surface area contributed by atoms with Gasteiger partial charge < -0.3 is 9.47 Å². The molecule has 0 bridgehead atoms. The van der Waals surface area contributed by atoms with Crippen LogP contribution in [0.25, 0.3) is 0 Å². The topological polar surface area (TPSA) is 46.8 Å². The molecule has 0 aromatic carbocycles. The Kier molecular flexibility index (Phi) is 4.41. The summed E-state index contributed by atoms with van der Waals surface area (Å²) in [7, 11) is 0. The fraction of sp³-hybridized carbons (Fsp3) is 0.316. The first-order valence-electron chi connectivity index (χ1n) is 8.56. The van der Waals surface area contributed by atoms with Gasteiger partial charge in [0.15, 0.2) is 11.6 Å². The van der Waals surface area contributed by atoms with Crippen LogP contribution in [0.15, 0.2) is 55.2 Å². The van der Waals surface area contributed by atoms with Crippen LogP contribution in [0, 0.1) is 5.82 Å². The van der Waals surface area contributed by atoms with E-state index in [4.69, 9.17) is 0 Å². The molecular weight excluding hydrogens is 317 g/mol. The van der Waals surface area contributed by atoms with Crippen molar-refractivity contribution in [1.29, 1.82) is 0 Å². The molecule has 1 aliphatic rings. The first-order chi connectivity index (χ1) is 12.3. The molecule has 0 N–H and O–H groups in total. The SMILES string of the molecule is Fc1cccnc1N1CCC[C@H](c2nccn2Cc2ccncc2)C1. The van der Waals surface area contributed by atoms with E-state index in [1.165, 1.54) is 11.6 Å². The largest absolute Gasteiger partial charge is 0.353 e. The molecule has 1 atom stereocenters. The quantitative estimate of drug-likeness (QED) is 0.733. The van der Waals surface area contributed by atoms with Crippen molar-refractivity contribution in [3.05, 3.63) is 72.5 Å². The number of rotatable bonds is 4. The zero-order chi connectivity index (χ0) is 17.1. The highest BCUT2D eigenvalue weighted by Crippen LogP contribution is 2.29. The summed E-state index contributed by atoms with van der Waals surface area (Å²) in [6.45, 7) is 2.34. The van der Waals surface area contributed by atoms with Gasteiger partial charge in [-0.25, -0.2) is 14.4 Å². The molecule has 6 heteroatoms. The predicted molar refractivity (Wildman–Crippen MR) is 93.9 cm³/mol. The fourth-order valence-electron chi connectivity index (χ4n) is 3.49. The van der Waals surface area contributed by atoms with Gasteiger partial charge in [0.1, 0.15) is 5.82 Å². The first-order valence-corrected chi connectivity index (χ1v) is 8.56. The van der Waals surface area contributed by atoms with Crippen LogP contribution in [0.2, 0.25) is 0 Å². The highest BCUT2D eigenvalue weighted by molar-refractivity contribution is 5.40. The second-order valence-electron chi connectivity index (χ2n) is 6.36. The minimum Gasteiger partial charge on any atom is -0.353 e. The van der Waals surface area contributed by atoms with Crippen molar-refractivity contribution in [3.8, 4) is 0 Å². The van der Waals surface area contributed by atoms with Gasteiger partial charge in [-0.05, 0) is 42.7 Å². The zero-order valence-corrected chi connectivity index (χ0v) is 13.9. The van der Waals surface area contributed by atoms with Crippen LogP contribution in [-0.4, -0.2) is 32.6 Å². The van der Waals surface area contributed by atoms with E-state index in [1.807, 2.05) is 29.4 Å². The van der Waals surface area contributed by atoms with Crippen molar-refractivity contribution in [2.24, 2.45) is 0 Å². The standard InChI is InChI=1S/C19H20FN5/c20-17-4-1-7-22-19(17)24-11-2-3-16(14-24)18-23-10-12-25(18)13-15-5-8-21-9-6-15/h1,4-10,12,16H,2-3,11,13-14H2/t16-/m0/s1. The van der Waals surface area contributed by atoms with Crippen molar-refractivity contribution in [3.63, 3.8) is 0 Å². The molecule has 128 valence electrons. The van der Waals surface area contributed by atoms with Gasteiger partial charge >= 0.3 is 0 Å². The van der Waals surface area contributed by atoms with Crippen LogP contribution in [0.3, 0.4) is 0 Å². The molecule has 1 aliphatic heterocycles. The highest BCUT2D eigenvalue weighted by atomic mass is 19.1. The third kappa shape index (κ3) is 3.38. The van der Waals surface area contributed by atoms with Gasteiger partial charge in [0.25, 0.3) is 0 Å². The Labute approximate surface area is 146 Å². The third-order valence-electron chi connectivity index (χ3n) is 4.68. The summed E-state index contributed by atoms with van der Waals surface area (Å²) in [4.78, 5) is 14.9. The van der Waals surface area contributed by atoms with Crippen molar-refractivity contribution in [2.45, 2.75) is 25.3 Å². The molecular formula is C19H20FN5. The Balaban J connectivity index is 1.54. The van der Waals surface area contributed by atoms with Crippen LogP contribution in [0.5, 0.6) is 0 Å². The second kappa shape index (κ2) is 7.01. The summed E-state index contributed by atoms with van der Waals surface area (Å²) in [5.41, 5.74) is 1.19.